The number of pyridine rings is 3. The van der Waals surface area contributed by atoms with Gasteiger partial charge < -0.3 is 15.0 Å². The summed E-state index contributed by atoms with van der Waals surface area (Å²) in [5.74, 6) is 0. The molecule has 4 aromatic carbocycles. The number of aromatic nitrogens is 3. The molecule has 0 bridgehead atoms. The van der Waals surface area contributed by atoms with Crippen molar-refractivity contribution in [2.45, 2.75) is 13.8 Å². The Morgan fingerprint density at radius 3 is 1.30 bits per heavy atom. The summed E-state index contributed by atoms with van der Waals surface area (Å²) >= 11 is 0. The van der Waals surface area contributed by atoms with Crippen LogP contribution in [0.4, 0.5) is 0 Å². The Bertz CT molecular complexity index is 1740. The van der Waals surface area contributed by atoms with Crippen LogP contribution in [0.25, 0.3) is 50.5 Å². The summed E-state index contributed by atoms with van der Waals surface area (Å²) in [6.45, 7) is 4.19. The van der Waals surface area contributed by atoms with Crippen molar-refractivity contribution in [1.29, 1.82) is 0 Å². The molecule has 3 heterocycles. The van der Waals surface area contributed by atoms with Crippen LogP contribution in [-0.4, -0.2) is 15.0 Å². The van der Waals surface area contributed by atoms with Crippen LogP contribution < -0.4 is 0 Å². The number of allylic oxidation sites excluding steroid dienone is 2. The third-order valence-corrected chi connectivity index (χ3v) is 7.16. The van der Waals surface area contributed by atoms with Crippen LogP contribution in [0.15, 0.2) is 170 Å². The molecule has 0 spiro atoms. The second kappa shape index (κ2) is 18.6. The number of nitrogens with zero attached hydrogens (tertiary/aromatic N) is 3. The molecule has 0 aliphatic heterocycles. The van der Waals surface area contributed by atoms with E-state index < -0.39 is 0 Å². The van der Waals surface area contributed by atoms with Crippen LogP contribution in [0.3, 0.4) is 0 Å². The van der Waals surface area contributed by atoms with E-state index >= 15 is 0 Å². The van der Waals surface area contributed by atoms with Crippen molar-refractivity contribution in [1.82, 2.24) is 15.0 Å². The van der Waals surface area contributed by atoms with Gasteiger partial charge in [0, 0.05) is 18.6 Å². The van der Waals surface area contributed by atoms with Crippen molar-refractivity contribution < 1.29 is 20.1 Å². The predicted octanol–water partition coefficient (Wildman–Crippen LogP) is 10.7. The topological polar surface area (TPSA) is 38.7 Å². The van der Waals surface area contributed by atoms with Crippen molar-refractivity contribution in [2.24, 2.45) is 0 Å². The molecule has 0 saturated heterocycles. The maximum absolute atomic E-state index is 4.35. The fourth-order valence-electron chi connectivity index (χ4n) is 4.53. The zero-order valence-corrected chi connectivity index (χ0v) is 28.7. The summed E-state index contributed by atoms with van der Waals surface area (Å²) < 4.78 is 0. The van der Waals surface area contributed by atoms with Gasteiger partial charge in [-0.15, -0.1) is 102 Å². The van der Waals surface area contributed by atoms with Crippen LogP contribution in [0.5, 0.6) is 0 Å². The average molecular weight is 785 g/mol. The second-order valence-electron chi connectivity index (χ2n) is 10.2. The Morgan fingerprint density at radius 2 is 0.936 bits per heavy atom. The minimum Gasteiger partial charge on any atom is -0.305 e. The van der Waals surface area contributed by atoms with Gasteiger partial charge in [0.2, 0.25) is 0 Å². The van der Waals surface area contributed by atoms with E-state index in [2.05, 4.69) is 89.5 Å². The zero-order valence-electron chi connectivity index (χ0n) is 26.3. The van der Waals surface area contributed by atoms with E-state index in [0.29, 0.717) is 0 Å². The van der Waals surface area contributed by atoms with E-state index in [0.717, 1.165) is 33.8 Å². The molecule has 0 unspecified atom stereocenters. The van der Waals surface area contributed by atoms with Gasteiger partial charge in [-0.3, -0.25) is 0 Å². The summed E-state index contributed by atoms with van der Waals surface area (Å²) in [6.07, 6.45) is 7.51. The fourth-order valence-corrected chi connectivity index (χ4v) is 4.53. The Hall–Kier alpha value is -5.28. The minimum atomic E-state index is 0. The smallest absolute Gasteiger partial charge is 0.305 e. The molecule has 0 aliphatic carbocycles. The molecule has 0 saturated carbocycles. The van der Waals surface area contributed by atoms with Gasteiger partial charge in [0.05, 0.1) is 0 Å². The van der Waals surface area contributed by atoms with Gasteiger partial charge in [0.15, 0.2) is 0 Å². The molecule has 0 fully saturated rings. The summed E-state index contributed by atoms with van der Waals surface area (Å²) in [5, 5.41) is 0. The summed E-state index contributed by atoms with van der Waals surface area (Å²) in [6, 6.07) is 57.7. The third kappa shape index (κ3) is 10.4. The Labute approximate surface area is 292 Å². The Balaban J connectivity index is 0.000000170. The molecule has 0 aliphatic rings. The van der Waals surface area contributed by atoms with Gasteiger partial charge in [0.1, 0.15) is 0 Å². The normalized spacial score (nSPS) is 10.3. The van der Waals surface area contributed by atoms with Crippen molar-refractivity contribution in [2.75, 3.05) is 0 Å². The first-order chi connectivity index (χ1) is 22.7. The monoisotopic (exact) mass is 785 g/mol. The Kier molecular flexibility index (Phi) is 13.7. The molecule has 230 valence electrons. The van der Waals surface area contributed by atoms with Gasteiger partial charge in [0.25, 0.3) is 0 Å². The largest absolute Gasteiger partial charge is 3.00 e. The molecule has 47 heavy (non-hydrogen) atoms. The van der Waals surface area contributed by atoms with E-state index in [4.69, 9.17) is 0 Å². The summed E-state index contributed by atoms with van der Waals surface area (Å²) in [7, 11) is 0. The molecule has 0 N–H and O–H groups in total. The predicted molar refractivity (Wildman–Crippen MR) is 190 cm³/mol. The van der Waals surface area contributed by atoms with Gasteiger partial charge in [-0.1, -0.05) is 77.9 Å². The van der Waals surface area contributed by atoms with Crippen LogP contribution in [0, 0.1) is 18.2 Å². The van der Waals surface area contributed by atoms with Crippen LogP contribution in [0.1, 0.15) is 19.4 Å². The molecule has 0 radical (unpaired) electrons. The van der Waals surface area contributed by atoms with E-state index in [-0.39, 0.29) is 20.1 Å². The number of hydrogen-bond acceptors (Lipinski definition) is 3. The van der Waals surface area contributed by atoms with E-state index in [1.165, 1.54) is 22.3 Å². The van der Waals surface area contributed by atoms with E-state index in [1.807, 2.05) is 109 Å². The van der Waals surface area contributed by atoms with Crippen LogP contribution in [0.2, 0.25) is 0 Å². The minimum absolute atomic E-state index is 0. The van der Waals surface area contributed by atoms with Crippen molar-refractivity contribution >= 4 is 5.57 Å². The molecular formula is C43H34IrN3. The molecule has 0 amide bonds. The number of hydrogen-bond donors (Lipinski definition) is 0. The first-order valence-electron chi connectivity index (χ1n) is 15.1. The van der Waals surface area contributed by atoms with Crippen molar-refractivity contribution in [3.63, 3.8) is 0 Å². The van der Waals surface area contributed by atoms with Crippen molar-refractivity contribution in [3.8, 4) is 44.9 Å². The number of benzene rings is 4. The molecule has 7 aromatic rings. The van der Waals surface area contributed by atoms with E-state index in [1.54, 1.807) is 18.6 Å². The third-order valence-electron chi connectivity index (χ3n) is 7.16. The maximum atomic E-state index is 4.35. The molecule has 3 aromatic heterocycles. The van der Waals surface area contributed by atoms with Gasteiger partial charge in [-0.25, -0.2) is 0 Å². The molecule has 4 heteroatoms. The zero-order chi connectivity index (χ0) is 31.8. The molecule has 3 nitrogen and oxygen atoms in total. The first-order valence-corrected chi connectivity index (χ1v) is 15.1. The van der Waals surface area contributed by atoms with Gasteiger partial charge in [-0.2, -0.15) is 0 Å². The van der Waals surface area contributed by atoms with Crippen LogP contribution >= 0.6 is 0 Å². The van der Waals surface area contributed by atoms with Crippen molar-refractivity contribution in [3.05, 3.63) is 194 Å². The van der Waals surface area contributed by atoms with Crippen LogP contribution in [-0.2, 0) is 20.1 Å². The van der Waals surface area contributed by atoms with Gasteiger partial charge in [-0.05, 0) is 60.3 Å². The standard InChI is InChI=1S/C21H18N.2C11H8N.Ir/c1-3-16(2)17-7-9-18(10-8-17)19-11-13-20(14-12-19)21-6-4-5-15-22-21;2*1-2-6-10(7-3-1)11-8-4-5-9-12-11;/h3-13,15H,1-2H3;2*1-6,8-9H;/q3*-1;+3. The molecule has 0 atom stereocenters. The average Bonchev–Trinajstić information content (AvgIpc) is 3.17. The first kappa shape index (κ1) is 34.6. The molecule has 7 rings (SSSR count). The summed E-state index contributed by atoms with van der Waals surface area (Å²) in [5.41, 5.74) is 10.9. The quantitative estimate of drug-likeness (QED) is 0.163. The Morgan fingerprint density at radius 1 is 0.489 bits per heavy atom. The maximum Gasteiger partial charge on any atom is 3.00 e. The summed E-state index contributed by atoms with van der Waals surface area (Å²) in [4.78, 5) is 12.8. The fraction of sp³-hybridized carbons (Fsp3) is 0.0465. The van der Waals surface area contributed by atoms with Gasteiger partial charge >= 0.3 is 20.1 Å². The number of rotatable bonds is 5. The molecular weight excluding hydrogens is 751 g/mol. The van der Waals surface area contributed by atoms with E-state index in [9.17, 15) is 0 Å². The SMILES string of the molecule is CC=C(C)c1ccc(-c2c[c-]c(-c3ccccn3)cc2)cc1.[Ir+3].[c-]1ccccc1-c1ccccn1.[c-]1ccccc1-c1ccccn1. The second-order valence-corrected chi connectivity index (χ2v) is 10.2.